The van der Waals surface area contributed by atoms with Crippen molar-refractivity contribution in [3.8, 4) is 5.75 Å². The number of ketones is 1. The fourth-order valence-corrected chi connectivity index (χ4v) is 4.10. The molecule has 0 spiro atoms. The summed E-state index contributed by atoms with van der Waals surface area (Å²) in [6.07, 6.45) is 1.77. The van der Waals surface area contributed by atoms with Gasteiger partial charge in [0.15, 0.2) is 5.76 Å². The first-order valence-corrected chi connectivity index (χ1v) is 10.3. The van der Waals surface area contributed by atoms with Crippen LogP contribution in [0.2, 0.25) is 0 Å². The summed E-state index contributed by atoms with van der Waals surface area (Å²) in [5, 5.41) is 11.4. The molecule has 1 aliphatic rings. The SMILES string of the molecule is COc1cccc([C@@H]2C(=C(O)c3c(C)nc4ccccn34)C(=O)C(=O)N2CCN(C)C)c1. The molecular formula is C24H26N4O4. The van der Waals surface area contributed by atoms with E-state index in [1.807, 2.05) is 43.3 Å². The molecule has 1 aromatic carbocycles. The standard InChI is InChI=1S/C24H26N4O4/c1-15-20(27-11-6-5-10-18(27)25-15)22(29)19-21(16-8-7-9-17(14-16)32-4)28(13-12-26(2)3)24(31)23(19)30/h5-11,14,21,29H,12-13H2,1-4H3/t21-/m1/s1. The molecule has 3 aromatic rings. The maximum absolute atomic E-state index is 13.2. The summed E-state index contributed by atoms with van der Waals surface area (Å²) < 4.78 is 7.08. The van der Waals surface area contributed by atoms with Crippen molar-refractivity contribution in [1.29, 1.82) is 0 Å². The lowest BCUT2D eigenvalue weighted by Gasteiger charge is -2.26. The Labute approximate surface area is 186 Å². The zero-order chi connectivity index (χ0) is 23.0. The third-order valence-corrected chi connectivity index (χ3v) is 5.67. The van der Waals surface area contributed by atoms with Crippen LogP contribution < -0.4 is 4.74 Å². The van der Waals surface area contributed by atoms with Gasteiger partial charge in [0.2, 0.25) is 0 Å². The summed E-state index contributed by atoms with van der Waals surface area (Å²) in [6, 6.07) is 12.0. The average molecular weight is 434 g/mol. The number of aliphatic hydroxyl groups excluding tert-OH is 1. The summed E-state index contributed by atoms with van der Waals surface area (Å²) in [6.45, 7) is 2.68. The lowest BCUT2D eigenvalue weighted by molar-refractivity contribution is -0.140. The number of carbonyl (C=O) groups is 2. The van der Waals surface area contributed by atoms with Gasteiger partial charge in [0, 0.05) is 19.3 Å². The molecular weight excluding hydrogens is 408 g/mol. The largest absolute Gasteiger partial charge is 0.505 e. The second-order valence-electron chi connectivity index (χ2n) is 8.05. The van der Waals surface area contributed by atoms with Crippen molar-refractivity contribution in [2.45, 2.75) is 13.0 Å². The average Bonchev–Trinajstić information content (AvgIpc) is 3.25. The molecule has 32 heavy (non-hydrogen) atoms. The molecule has 0 radical (unpaired) electrons. The maximum Gasteiger partial charge on any atom is 0.295 e. The monoisotopic (exact) mass is 434 g/mol. The maximum atomic E-state index is 13.2. The van der Waals surface area contributed by atoms with E-state index in [1.165, 1.54) is 4.90 Å². The summed E-state index contributed by atoms with van der Waals surface area (Å²) in [5.74, 6) is -0.974. The molecule has 2 aromatic heterocycles. The Balaban J connectivity index is 1.93. The molecule has 1 atom stereocenters. The first-order chi connectivity index (χ1) is 15.3. The molecule has 0 aliphatic carbocycles. The van der Waals surface area contributed by atoms with Crippen molar-refractivity contribution in [1.82, 2.24) is 19.2 Å². The van der Waals surface area contributed by atoms with Gasteiger partial charge in [0.1, 0.15) is 17.1 Å². The van der Waals surface area contributed by atoms with E-state index in [0.717, 1.165) is 0 Å². The predicted octanol–water partition coefficient (Wildman–Crippen LogP) is 2.63. The number of likely N-dealkylation sites (tertiary alicyclic amines) is 1. The normalized spacial score (nSPS) is 18.2. The Morgan fingerprint density at radius 1 is 1.19 bits per heavy atom. The molecule has 1 fully saturated rings. The number of amides is 1. The van der Waals surface area contributed by atoms with E-state index in [1.54, 1.807) is 42.8 Å². The van der Waals surface area contributed by atoms with E-state index in [0.29, 0.717) is 41.4 Å². The lowest BCUT2D eigenvalue weighted by atomic mass is 9.96. The number of aromatic nitrogens is 2. The van der Waals surface area contributed by atoms with Crippen LogP contribution in [0.3, 0.4) is 0 Å². The number of Topliss-reactive ketones (excluding diaryl/α,β-unsaturated/α-hetero) is 1. The minimum Gasteiger partial charge on any atom is -0.505 e. The van der Waals surface area contributed by atoms with Gasteiger partial charge in [-0.25, -0.2) is 4.98 Å². The molecule has 8 heteroatoms. The van der Waals surface area contributed by atoms with Crippen LogP contribution in [-0.4, -0.2) is 70.3 Å². The number of carbonyl (C=O) groups excluding carboxylic acids is 2. The number of hydrogen-bond donors (Lipinski definition) is 1. The van der Waals surface area contributed by atoms with E-state index in [4.69, 9.17) is 4.74 Å². The first kappa shape index (κ1) is 21.6. The number of pyridine rings is 1. The summed E-state index contributed by atoms with van der Waals surface area (Å²) in [7, 11) is 5.36. The molecule has 8 nitrogen and oxygen atoms in total. The molecule has 0 saturated carbocycles. The number of aliphatic hydroxyl groups is 1. The van der Waals surface area contributed by atoms with Crippen LogP contribution in [-0.2, 0) is 9.59 Å². The molecule has 166 valence electrons. The van der Waals surface area contributed by atoms with Gasteiger partial charge in [-0.15, -0.1) is 0 Å². The number of aryl methyl sites for hydroxylation is 1. The van der Waals surface area contributed by atoms with E-state index >= 15 is 0 Å². The van der Waals surface area contributed by atoms with E-state index in [9.17, 15) is 14.7 Å². The van der Waals surface area contributed by atoms with Gasteiger partial charge in [-0.2, -0.15) is 0 Å². The Hall–Kier alpha value is -3.65. The highest BCUT2D eigenvalue weighted by Gasteiger charge is 2.46. The zero-order valence-electron chi connectivity index (χ0n) is 18.6. The van der Waals surface area contributed by atoms with Crippen molar-refractivity contribution in [2.75, 3.05) is 34.3 Å². The van der Waals surface area contributed by atoms with Gasteiger partial charge in [0.25, 0.3) is 11.7 Å². The van der Waals surface area contributed by atoms with Gasteiger partial charge in [-0.3, -0.25) is 14.0 Å². The molecule has 0 bridgehead atoms. The van der Waals surface area contributed by atoms with Gasteiger partial charge in [-0.05, 0) is 50.8 Å². The topological polar surface area (TPSA) is 87.4 Å². The fourth-order valence-electron chi connectivity index (χ4n) is 4.10. The molecule has 1 amide bonds. The van der Waals surface area contributed by atoms with Crippen LogP contribution in [0.15, 0.2) is 54.2 Å². The minimum atomic E-state index is -0.737. The number of ether oxygens (including phenoxy) is 1. The number of benzene rings is 1. The molecule has 1 aliphatic heterocycles. The molecule has 1 N–H and O–H groups in total. The van der Waals surface area contributed by atoms with E-state index < -0.39 is 17.7 Å². The minimum absolute atomic E-state index is 0.0516. The van der Waals surface area contributed by atoms with Crippen molar-refractivity contribution in [2.24, 2.45) is 0 Å². The number of rotatable bonds is 6. The molecule has 3 heterocycles. The number of hydrogen-bond acceptors (Lipinski definition) is 6. The van der Waals surface area contributed by atoms with E-state index in [-0.39, 0.29) is 11.3 Å². The highest BCUT2D eigenvalue weighted by Crippen LogP contribution is 2.40. The molecule has 0 unspecified atom stereocenters. The summed E-state index contributed by atoms with van der Waals surface area (Å²) in [5.41, 5.74) is 2.36. The number of nitrogens with zero attached hydrogens (tertiary/aromatic N) is 4. The zero-order valence-corrected chi connectivity index (χ0v) is 18.6. The smallest absolute Gasteiger partial charge is 0.295 e. The Kier molecular flexibility index (Phi) is 5.71. The van der Waals surface area contributed by atoms with Crippen molar-refractivity contribution in [3.05, 3.63) is 71.2 Å². The van der Waals surface area contributed by atoms with Gasteiger partial charge in [-0.1, -0.05) is 18.2 Å². The van der Waals surface area contributed by atoms with Crippen LogP contribution in [0.25, 0.3) is 11.4 Å². The van der Waals surface area contributed by atoms with Crippen molar-refractivity contribution < 1.29 is 19.4 Å². The number of imidazole rings is 1. The Morgan fingerprint density at radius 2 is 1.97 bits per heavy atom. The Morgan fingerprint density at radius 3 is 2.69 bits per heavy atom. The van der Waals surface area contributed by atoms with E-state index in [2.05, 4.69) is 4.98 Å². The van der Waals surface area contributed by atoms with Crippen LogP contribution >= 0.6 is 0 Å². The lowest BCUT2D eigenvalue weighted by Crippen LogP contribution is -2.35. The predicted molar refractivity (Wildman–Crippen MR) is 120 cm³/mol. The van der Waals surface area contributed by atoms with Crippen LogP contribution in [0.5, 0.6) is 5.75 Å². The van der Waals surface area contributed by atoms with Crippen molar-refractivity contribution >= 4 is 23.1 Å². The second kappa shape index (κ2) is 8.47. The van der Waals surface area contributed by atoms with Crippen LogP contribution in [0.1, 0.15) is 23.0 Å². The molecule has 1 saturated heterocycles. The number of fused-ring (bicyclic) bond motifs is 1. The van der Waals surface area contributed by atoms with Gasteiger partial charge < -0.3 is 19.6 Å². The third kappa shape index (κ3) is 3.62. The van der Waals surface area contributed by atoms with Gasteiger partial charge >= 0.3 is 0 Å². The number of methoxy groups -OCH3 is 1. The summed E-state index contributed by atoms with van der Waals surface area (Å²) >= 11 is 0. The fraction of sp³-hybridized carbons (Fsp3) is 0.292. The van der Waals surface area contributed by atoms with Crippen LogP contribution in [0.4, 0.5) is 0 Å². The van der Waals surface area contributed by atoms with Crippen LogP contribution in [0, 0.1) is 6.92 Å². The highest BCUT2D eigenvalue weighted by atomic mass is 16.5. The number of likely N-dealkylation sites (N-methyl/N-ethyl adjacent to an activating group) is 1. The highest BCUT2D eigenvalue weighted by molar-refractivity contribution is 6.46. The Bertz CT molecular complexity index is 1230. The third-order valence-electron chi connectivity index (χ3n) is 5.67. The second-order valence-corrected chi connectivity index (χ2v) is 8.05. The first-order valence-electron chi connectivity index (χ1n) is 10.3. The quantitative estimate of drug-likeness (QED) is 0.365. The summed E-state index contributed by atoms with van der Waals surface area (Å²) in [4.78, 5) is 34.2. The van der Waals surface area contributed by atoms with Gasteiger partial charge in [0.05, 0.1) is 24.4 Å². The van der Waals surface area contributed by atoms with Crippen molar-refractivity contribution in [3.63, 3.8) is 0 Å². The molecule has 4 rings (SSSR count).